The van der Waals surface area contributed by atoms with Crippen molar-refractivity contribution in [1.82, 2.24) is 14.8 Å². The second kappa shape index (κ2) is 4.35. The molecule has 4 heteroatoms. The average Bonchev–Trinajstić information content (AvgIpc) is 2.72. The number of ketones is 1. The van der Waals surface area contributed by atoms with E-state index in [0.717, 1.165) is 12.8 Å². The first-order chi connectivity index (χ1) is 6.86. The highest BCUT2D eigenvalue weighted by molar-refractivity contribution is 5.80. The van der Waals surface area contributed by atoms with Crippen LogP contribution in [0.5, 0.6) is 0 Å². The highest BCUT2D eigenvalue weighted by Gasteiger charge is 2.20. The summed E-state index contributed by atoms with van der Waals surface area (Å²) in [6.45, 7) is 0.394. The van der Waals surface area contributed by atoms with Crippen molar-refractivity contribution in [2.45, 2.75) is 38.6 Å². The Labute approximate surface area is 83.3 Å². The van der Waals surface area contributed by atoms with Crippen molar-refractivity contribution < 1.29 is 4.79 Å². The maximum absolute atomic E-state index is 11.8. The molecule has 1 aromatic heterocycles. The van der Waals surface area contributed by atoms with Gasteiger partial charge in [-0.3, -0.25) is 4.79 Å². The SMILES string of the molecule is O=C(Cn1cncn1)C1CCCCC1. The van der Waals surface area contributed by atoms with Crippen LogP contribution in [-0.2, 0) is 11.3 Å². The summed E-state index contributed by atoms with van der Waals surface area (Å²) in [5.74, 6) is 0.586. The van der Waals surface area contributed by atoms with Crippen molar-refractivity contribution >= 4 is 5.78 Å². The van der Waals surface area contributed by atoms with E-state index in [2.05, 4.69) is 10.1 Å². The first-order valence-corrected chi connectivity index (χ1v) is 5.21. The van der Waals surface area contributed by atoms with Crippen molar-refractivity contribution in [3.8, 4) is 0 Å². The van der Waals surface area contributed by atoms with Crippen molar-refractivity contribution in [2.24, 2.45) is 5.92 Å². The Morgan fingerprint density at radius 1 is 1.36 bits per heavy atom. The van der Waals surface area contributed by atoms with E-state index in [-0.39, 0.29) is 5.92 Å². The second-order valence-corrected chi connectivity index (χ2v) is 3.89. The summed E-state index contributed by atoms with van der Waals surface area (Å²) in [7, 11) is 0. The van der Waals surface area contributed by atoms with Crippen LogP contribution in [0.25, 0.3) is 0 Å². The third-order valence-electron chi connectivity index (χ3n) is 2.84. The molecular weight excluding hydrogens is 178 g/mol. The molecule has 0 spiro atoms. The number of rotatable bonds is 3. The number of Topliss-reactive ketones (excluding diaryl/α,β-unsaturated/α-hetero) is 1. The van der Waals surface area contributed by atoms with Crippen LogP contribution in [0.1, 0.15) is 32.1 Å². The first-order valence-electron chi connectivity index (χ1n) is 5.21. The molecule has 1 aromatic rings. The summed E-state index contributed by atoms with van der Waals surface area (Å²) < 4.78 is 1.61. The number of hydrogen-bond acceptors (Lipinski definition) is 3. The lowest BCUT2D eigenvalue weighted by molar-refractivity contribution is -0.124. The third kappa shape index (κ3) is 2.19. The van der Waals surface area contributed by atoms with E-state index in [9.17, 15) is 4.79 Å². The standard InChI is InChI=1S/C10H15N3O/c14-10(6-13-8-11-7-12-13)9-4-2-1-3-5-9/h7-9H,1-6H2. The summed E-state index contributed by atoms with van der Waals surface area (Å²) in [6.07, 6.45) is 8.88. The predicted octanol–water partition coefficient (Wildman–Crippen LogP) is 1.43. The summed E-state index contributed by atoms with van der Waals surface area (Å²) in [5.41, 5.74) is 0. The van der Waals surface area contributed by atoms with E-state index in [4.69, 9.17) is 0 Å². The number of carbonyl (C=O) groups excluding carboxylic acids is 1. The predicted molar refractivity (Wildman–Crippen MR) is 51.6 cm³/mol. The fraction of sp³-hybridized carbons (Fsp3) is 0.700. The molecule has 14 heavy (non-hydrogen) atoms. The number of carbonyl (C=O) groups is 1. The molecule has 0 atom stereocenters. The van der Waals surface area contributed by atoms with Gasteiger partial charge in [-0.2, -0.15) is 5.10 Å². The van der Waals surface area contributed by atoms with Crippen LogP contribution in [0, 0.1) is 5.92 Å². The second-order valence-electron chi connectivity index (χ2n) is 3.89. The Morgan fingerprint density at radius 2 is 2.14 bits per heavy atom. The number of aromatic nitrogens is 3. The normalized spacial score (nSPS) is 18.3. The maximum atomic E-state index is 11.8. The molecule has 1 saturated carbocycles. The average molecular weight is 193 g/mol. The monoisotopic (exact) mass is 193 g/mol. The minimum atomic E-state index is 0.271. The van der Waals surface area contributed by atoms with Crippen LogP contribution in [0.15, 0.2) is 12.7 Å². The highest BCUT2D eigenvalue weighted by atomic mass is 16.1. The summed E-state index contributed by atoms with van der Waals surface area (Å²) in [4.78, 5) is 15.6. The van der Waals surface area contributed by atoms with Crippen LogP contribution in [0.3, 0.4) is 0 Å². The minimum Gasteiger partial charge on any atom is -0.297 e. The van der Waals surface area contributed by atoms with Gasteiger partial charge in [0.2, 0.25) is 0 Å². The molecule has 1 aliphatic rings. The Morgan fingerprint density at radius 3 is 2.79 bits per heavy atom. The van der Waals surface area contributed by atoms with Gasteiger partial charge in [0, 0.05) is 5.92 Å². The van der Waals surface area contributed by atoms with Gasteiger partial charge in [0.05, 0.1) is 0 Å². The zero-order chi connectivity index (χ0) is 9.80. The largest absolute Gasteiger partial charge is 0.297 e. The Kier molecular flexibility index (Phi) is 2.91. The lowest BCUT2D eigenvalue weighted by Gasteiger charge is -2.19. The van der Waals surface area contributed by atoms with Gasteiger partial charge < -0.3 is 0 Å². The molecule has 76 valence electrons. The van der Waals surface area contributed by atoms with Crippen molar-refractivity contribution in [1.29, 1.82) is 0 Å². The first kappa shape index (κ1) is 9.37. The Hall–Kier alpha value is -1.19. The van der Waals surface area contributed by atoms with Crippen LogP contribution in [0.4, 0.5) is 0 Å². The molecule has 0 N–H and O–H groups in total. The quantitative estimate of drug-likeness (QED) is 0.729. The minimum absolute atomic E-state index is 0.271. The molecule has 0 aromatic carbocycles. The van der Waals surface area contributed by atoms with Crippen molar-refractivity contribution in [3.05, 3.63) is 12.7 Å². The van der Waals surface area contributed by atoms with Gasteiger partial charge in [-0.25, -0.2) is 9.67 Å². The van der Waals surface area contributed by atoms with Gasteiger partial charge in [0.15, 0.2) is 5.78 Å². The van der Waals surface area contributed by atoms with E-state index >= 15 is 0 Å². The molecule has 0 saturated heterocycles. The van der Waals surface area contributed by atoms with Crippen molar-refractivity contribution in [2.75, 3.05) is 0 Å². The Balaban J connectivity index is 1.88. The topological polar surface area (TPSA) is 47.8 Å². The molecule has 2 rings (SSSR count). The zero-order valence-electron chi connectivity index (χ0n) is 8.22. The molecule has 0 aliphatic heterocycles. The molecule has 1 aliphatic carbocycles. The van der Waals surface area contributed by atoms with Crippen LogP contribution >= 0.6 is 0 Å². The van der Waals surface area contributed by atoms with E-state index in [0.29, 0.717) is 12.3 Å². The smallest absolute Gasteiger partial charge is 0.157 e. The van der Waals surface area contributed by atoms with E-state index in [1.807, 2.05) is 0 Å². The molecular formula is C10H15N3O. The van der Waals surface area contributed by atoms with Crippen LogP contribution in [-0.4, -0.2) is 20.5 Å². The van der Waals surface area contributed by atoms with Gasteiger partial charge in [0.25, 0.3) is 0 Å². The van der Waals surface area contributed by atoms with Gasteiger partial charge in [-0.05, 0) is 12.8 Å². The maximum Gasteiger partial charge on any atom is 0.157 e. The molecule has 0 bridgehead atoms. The third-order valence-corrected chi connectivity index (χ3v) is 2.84. The molecule has 1 fully saturated rings. The molecule has 0 radical (unpaired) electrons. The fourth-order valence-electron chi connectivity index (χ4n) is 2.03. The van der Waals surface area contributed by atoms with Gasteiger partial charge in [0.1, 0.15) is 19.2 Å². The zero-order valence-corrected chi connectivity index (χ0v) is 8.22. The molecule has 0 unspecified atom stereocenters. The van der Waals surface area contributed by atoms with Crippen molar-refractivity contribution in [3.63, 3.8) is 0 Å². The van der Waals surface area contributed by atoms with E-state index in [1.165, 1.54) is 25.6 Å². The Bertz CT molecular complexity index is 288. The molecule has 4 nitrogen and oxygen atoms in total. The van der Waals surface area contributed by atoms with Gasteiger partial charge in [-0.1, -0.05) is 19.3 Å². The van der Waals surface area contributed by atoms with Crippen LogP contribution in [0.2, 0.25) is 0 Å². The van der Waals surface area contributed by atoms with E-state index in [1.54, 1.807) is 11.0 Å². The number of hydrogen-bond donors (Lipinski definition) is 0. The number of nitrogens with zero attached hydrogens (tertiary/aromatic N) is 3. The van der Waals surface area contributed by atoms with Gasteiger partial charge in [-0.15, -0.1) is 0 Å². The fourth-order valence-corrected chi connectivity index (χ4v) is 2.03. The highest BCUT2D eigenvalue weighted by Crippen LogP contribution is 2.24. The van der Waals surface area contributed by atoms with Gasteiger partial charge >= 0.3 is 0 Å². The molecule has 1 heterocycles. The summed E-state index contributed by atoms with van der Waals surface area (Å²) >= 11 is 0. The summed E-state index contributed by atoms with van der Waals surface area (Å²) in [5, 5.41) is 3.94. The lowest BCUT2D eigenvalue weighted by Crippen LogP contribution is -2.22. The lowest BCUT2D eigenvalue weighted by atomic mass is 9.86. The van der Waals surface area contributed by atoms with Crippen LogP contribution < -0.4 is 0 Å². The molecule has 0 amide bonds. The van der Waals surface area contributed by atoms with E-state index < -0.39 is 0 Å². The summed E-state index contributed by atoms with van der Waals surface area (Å²) in [6, 6.07) is 0.